The summed E-state index contributed by atoms with van der Waals surface area (Å²) in [7, 11) is 0. The Morgan fingerprint density at radius 1 is 0.884 bits per heavy atom. The molecule has 4 heteroatoms. The molecule has 1 aromatic rings. The Morgan fingerprint density at radius 2 is 1.60 bits per heavy atom. The predicted molar refractivity (Wildman–Crippen MR) is 172 cm³/mol. The van der Waals surface area contributed by atoms with Gasteiger partial charge in [0.25, 0.3) is 0 Å². The fraction of sp³-hybridized carbons (Fsp3) is 0.692. The van der Waals surface area contributed by atoms with Crippen molar-refractivity contribution in [2.24, 2.45) is 56.7 Å². The van der Waals surface area contributed by atoms with Crippen LogP contribution in [0.4, 0.5) is 0 Å². The monoisotopic (exact) mass is 586 g/mol. The van der Waals surface area contributed by atoms with Gasteiger partial charge in [0.05, 0.1) is 0 Å². The van der Waals surface area contributed by atoms with Crippen LogP contribution in [0.1, 0.15) is 111 Å². The minimum Gasteiger partial charge on any atom is -0.508 e. The second-order valence-electron chi connectivity index (χ2n) is 16.7. The van der Waals surface area contributed by atoms with E-state index in [4.69, 9.17) is 4.74 Å². The van der Waals surface area contributed by atoms with Crippen molar-refractivity contribution in [1.82, 2.24) is 0 Å². The average Bonchev–Trinajstić information content (AvgIpc) is 3.35. The SMILES string of the molecule is C=C(C)[C@@H]1CC[C@]2(C=O)CC[C@]3(C)[C@H](CC[C@@H]4[C@]5(C)CC[C@H](OC(=O)/C=C/c6ccc(O)cc6)C(C)(C)[C@@H]5CC[C@]43C)[C@H]12. The summed E-state index contributed by atoms with van der Waals surface area (Å²) in [5.74, 6) is 2.58. The van der Waals surface area contributed by atoms with E-state index in [9.17, 15) is 14.7 Å². The molecule has 1 aromatic carbocycles. The number of benzene rings is 1. The number of fused-ring (bicyclic) bond motifs is 7. The van der Waals surface area contributed by atoms with Gasteiger partial charge in [-0.25, -0.2) is 4.79 Å². The molecule has 0 aromatic heterocycles. The molecule has 0 radical (unpaired) electrons. The third-order valence-electron chi connectivity index (χ3n) is 14.9. The van der Waals surface area contributed by atoms with Crippen molar-refractivity contribution in [3.63, 3.8) is 0 Å². The molecule has 0 saturated heterocycles. The molecule has 0 heterocycles. The van der Waals surface area contributed by atoms with Crippen molar-refractivity contribution in [2.45, 2.75) is 112 Å². The Bertz CT molecular complexity index is 1310. The standard InChI is InChI=1S/C39H54O4/c1-25(2)28-16-21-39(24-40)23-22-37(6)29(34(28)39)13-14-31-36(5)19-18-32(35(3,4)30(36)17-20-38(31,37)7)43-33(42)15-10-26-8-11-27(41)12-9-26/h8-12,15,24,28-32,34,41H,1,13-14,16-23H2,2-7H3/b15-10+/t28-,29+,30-,31+,32-,34-,36+,37+,38+,39+/m0/s1. The Labute approximate surface area is 259 Å². The maximum Gasteiger partial charge on any atom is 0.331 e. The van der Waals surface area contributed by atoms with E-state index in [0.717, 1.165) is 37.7 Å². The van der Waals surface area contributed by atoms with Gasteiger partial charge in [-0.1, -0.05) is 58.9 Å². The quantitative estimate of drug-likeness (QED) is 0.162. The molecule has 0 unspecified atom stereocenters. The summed E-state index contributed by atoms with van der Waals surface area (Å²) in [5, 5.41) is 9.54. The van der Waals surface area contributed by atoms with Gasteiger partial charge in [-0.2, -0.15) is 0 Å². The second-order valence-corrected chi connectivity index (χ2v) is 16.7. The largest absolute Gasteiger partial charge is 0.508 e. The van der Waals surface area contributed by atoms with Gasteiger partial charge in [0.1, 0.15) is 18.1 Å². The van der Waals surface area contributed by atoms with Crippen LogP contribution in [0.15, 0.2) is 42.5 Å². The first-order chi connectivity index (χ1) is 20.2. The number of hydrogen-bond donors (Lipinski definition) is 1. The number of esters is 1. The van der Waals surface area contributed by atoms with Crippen molar-refractivity contribution in [1.29, 1.82) is 0 Å². The Morgan fingerprint density at radius 3 is 2.28 bits per heavy atom. The minimum absolute atomic E-state index is 0.100. The fourth-order valence-corrected chi connectivity index (χ4v) is 12.5. The first kappa shape index (κ1) is 30.7. The summed E-state index contributed by atoms with van der Waals surface area (Å²) >= 11 is 0. The number of aldehydes is 1. The van der Waals surface area contributed by atoms with Gasteiger partial charge in [0, 0.05) is 16.9 Å². The number of hydrogen-bond acceptors (Lipinski definition) is 4. The van der Waals surface area contributed by atoms with Gasteiger partial charge in [-0.05, 0) is 141 Å². The lowest BCUT2D eigenvalue weighted by Gasteiger charge is -2.72. The molecule has 0 amide bonds. The number of aromatic hydroxyl groups is 1. The normalized spacial score (nSPS) is 44.9. The maximum absolute atomic E-state index is 13.0. The van der Waals surface area contributed by atoms with Crippen LogP contribution in [0, 0.1) is 56.7 Å². The molecule has 5 aliphatic carbocycles. The zero-order chi connectivity index (χ0) is 31.0. The highest BCUT2D eigenvalue weighted by Gasteiger charge is 2.71. The average molecular weight is 587 g/mol. The van der Waals surface area contributed by atoms with Crippen molar-refractivity contribution < 1.29 is 19.4 Å². The number of phenolic OH excluding ortho intramolecular Hbond substituents is 1. The minimum atomic E-state index is -0.284. The van der Waals surface area contributed by atoms with E-state index in [-0.39, 0.29) is 44.9 Å². The summed E-state index contributed by atoms with van der Waals surface area (Å²) in [6.07, 6.45) is 15.8. The van der Waals surface area contributed by atoms with Gasteiger partial charge < -0.3 is 14.6 Å². The lowest BCUT2D eigenvalue weighted by atomic mass is 9.32. The molecule has 43 heavy (non-hydrogen) atoms. The van der Waals surface area contributed by atoms with E-state index in [1.165, 1.54) is 50.0 Å². The van der Waals surface area contributed by atoms with Crippen LogP contribution < -0.4 is 0 Å². The van der Waals surface area contributed by atoms with E-state index in [0.29, 0.717) is 29.6 Å². The van der Waals surface area contributed by atoms with E-state index in [2.05, 4.69) is 48.1 Å². The lowest BCUT2D eigenvalue weighted by Crippen LogP contribution is -2.66. The maximum atomic E-state index is 13.0. The Balaban J connectivity index is 1.23. The van der Waals surface area contributed by atoms with Gasteiger partial charge in [-0.15, -0.1) is 0 Å². The molecule has 4 nitrogen and oxygen atoms in total. The zero-order valence-corrected chi connectivity index (χ0v) is 27.5. The van der Waals surface area contributed by atoms with E-state index in [1.807, 2.05) is 0 Å². The highest BCUT2D eigenvalue weighted by Crippen LogP contribution is 2.77. The van der Waals surface area contributed by atoms with Gasteiger partial charge in [0.2, 0.25) is 0 Å². The van der Waals surface area contributed by atoms with Crippen LogP contribution in [0.2, 0.25) is 0 Å². The van der Waals surface area contributed by atoms with Crippen LogP contribution >= 0.6 is 0 Å². The second kappa shape index (κ2) is 10.3. The first-order valence-corrected chi connectivity index (χ1v) is 17.0. The molecular weight excluding hydrogens is 532 g/mol. The molecule has 5 fully saturated rings. The van der Waals surface area contributed by atoms with Gasteiger partial charge >= 0.3 is 5.97 Å². The third-order valence-corrected chi connectivity index (χ3v) is 14.9. The molecule has 0 spiro atoms. The van der Waals surface area contributed by atoms with Crippen molar-refractivity contribution in [3.8, 4) is 5.75 Å². The van der Waals surface area contributed by atoms with Crippen molar-refractivity contribution in [2.75, 3.05) is 0 Å². The summed E-state index contributed by atoms with van der Waals surface area (Å²) in [6, 6.07) is 6.83. The fourth-order valence-electron chi connectivity index (χ4n) is 12.5. The number of carbonyl (C=O) groups excluding carboxylic acids is 2. The number of rotatable bonds is 5. The van der Waals surface area contributed by atoms with Crippen molar-refractivity contribution >= 4 is 18.3 Å². The Kier molecular flexibility index (Phi) is 7.38. The molecule has 10 atom stereocenters. The molecule has 0 bridgehead atoms. The molecule has 5 saturated carbocycles. The highest BCUT2D eigenvalue weighted by molar-refractivity contribution is 5.87. The van der Waals surface area contributed by atoms with Crippen LogP contribution in [0.3, 0.4) is 0 Å². The Hall–Kier alpha value is -2.36. The molecule has 5 aliphatic rings. The topological polar surface area (TPSA) is 63.6 Å². The molecule has 6 rings (SSSR count). The number of allylic oxidation sites excluding steroid dienone is 1. The summed E-state index contributed by atoms with van der Waals surface area (Å²) < 4.78 is 6.20. The molecular formula is C39H54O4. The summed E-state index contributed by atoms with van der Waals surface area (Å²) in [4.78, 5) is 25.7. The number of ether oxygens (including phenoxy) is 1. The lowest BCUT2D eigenvalue weighted by molar-refractivity contribution is -0.247. The van der Waals surface area contributed by atoms with Gasteiger partial charge in [0.15, 0.2) is 0 Å². The van der Waals surface area contributed by atoms with E-state index < -0.39 is 0 Å². The smallest absolute Gasteiger partial charge is 0.331 e. The zero-order valence-electron chi connectivity index (χ0n) is 27.5. The van der Waals surface area contributed by atoms with Crippen LogP contribution in [-0.4, -0.2) is 23.5 Å². The van der Waals surface area contributed by atoms with Crippen molar-refractivity contribution in [3.05, 3.63) is 48.1 Å². The highest BCUT2D eigenvalue weighted by atomic mass is 16.5. The van der Waals surface area contributed by atoms with Gasteiger partial charge in [-0.3, -0.25) is 0 Å². The number of phenols is 1. The first-order valence-electron chi connectivity index (χ1n) is 17.0. The molecule has 234 valence electrons. The summed E-state index contributed by atoms with van der Waals surface area (Å²) in [6.45, 7) is 19.2. The number of carbonyl (C=O) groups is 2. The molecule has 1 N–H and O–H groups in total. The van der Waals surface area contributed by atoms with Crippen LogP contribution in [-0.2, 0) is 14.3 Å². The predicted octanol–water partition coefficient (Wildman–Crippen LogP) is 9.17. The molecule has 0 aliphatic heterocycles. The third kappa shape index (κ3) is 4.43. The van der Waals surface area contributed by atoms with E-state index >= 15 is 0 Å². The van der Waals surface area contributed by atoms with Crippen LogP contribution in [0.25, 0.3) is 6.08 Å². The van der Waals surface area contributed by atoms with Crippen LogP contribution in [0.5, 0.6) is 5.75 Å². The van der Waals surface area contributed by atoms with E-state index in [1.54, 1.807) is 30.3 Å². The summed E-state index contributed by atoms with van der Waals surface area (Å²) in [5.41, 5.74) is 2.58.